The van der Waals surface area contributed by atoms with Crippen LogP contribution in [0.4, 0.5) is 10.5 Å². The number of nitrogens with one attached hydrogen (secondary N) is 1. The molecule has 1 N–H and O–H groups in total. The van der Waals surface area contributed by atoms with Gasteiger partial charge >= 0.3 is 6.03 Å². The zero-order chi connectivity index (χ0) is 18.6. The molecule has 4 heteroatoms. The van der Waals surface area contributed by atoms with E-state index in [2.05, 4.69) is 47.2 Å². The number of anilines is 1. The molecule has 5 fully saturated rings. The van der Waals surface area contributed by atoms with Gasteiger partial charge in [0.05, 0.1) is 0 Å². The second kappa shape index (κ2) is 6.42. The summed E-state index contributed by atoms with van der Waals surface area (Å²) in [5.41, 5.74) is 4.08. The number of aryl methyl sites for hydroxylation is 2. The molecule has 0 atom stereocenters. The molecule has 1 aromatic carbocycles. The molecule has 4 saturated carbocycles. The Morgan fingerprint density at radius 3 is 2.15 bits per heavy atom. The van der Waals surface area contributed by atoms with E-state index in [1.54, 1.807) is 0 Å². The van der Waals surface area contributed by atoms with Crippen LogP contribution in [0.15, 0.2) is 18.2 Å². The van der Waals surface area contributed by atoms with E-state index in [0.29, 0.717) is 0 Å². The van der Waals surface area contributed by atoms with Gasteiger partial charge in [0, 0.05) is 37.4 Å². The van der Waals surface area contributed by atoms with Gasteiger partial charge in [-0.25, -0.2) is 4.79 Å². The highest BCUT2D eigenvalue weighted by atomic mass is 16.2. The van der Waals surface area contributed by atoms with Gasteiger partial charge in [0.1, 0.15) is 0 Å². The van der Waals surface area contributed by atoms with Crippen LogP contribution < -0.4 is 10.2 Å². The number of carbonyl (C=O) groups excluding carboxylic acids is 1. The molecule has 2 amide bonds. The first-order valence-corrected chi connectivity index (χ1v) is 10.9. The molecule has 0 radical (unpaired) electrons. The fourth-order valence-corrected chi connectivity index (χ4v) is 6.78. The number of urea groups is 1. The monoisotopic (exact) mass is 367 g/mol. The number of rotatable bonds is 2. The number of carbonyl (C=O) groups is 1. The predicted octanol–water partition coefficient (Wildman–Crippen LogP) is 4.10. The maximum absolute atomic E-state index is 13.0. The maximum atomic E-state index is 13.0. The molecule has 27 heavy (non-hydrogen) atoms. The Morgan fingerprint density at radius 1 is 0.963 bits per heavy atom. The van der Waals surface area contributed by atoms with E-state index in [-0.39, 0.29) is 11.6 Å². The average Bonchev–Trinajstić information content (AvgIpc) is 2.62. The van der Waals surface area contributed by atoms with Gasteiger partial charge in [0.25, 0.3) is 0 Å². The van der Waals surface area contributed by atoms with Crippen LogP contribution in [0, 0.1) is 31.6 Å². The summed E-state index contributed by atoms with van der Waals surface area (Å²) in [5.74, 6) is 2.62. The van der Waals surface area contributed by atoms with Gasteiger partial charge in [-0.15, -0.1) is 0 Å². The second-order valence-electron chi connectivity index (χ2n) is 9.89. The lowest BCUT2D eigenvalue weighted by atomic mass is 9.53. The van der Waals surface area contributed by atoms with Gasteiger partial charge in [0.15, 0.2) is 0 Å². The number of hydrogen-bond acceptors (Lipinski definition) is 2. The van der Waals surface area contributed by atoms with Crippen LogP contribution in [-0.2, 0) is 0 Å². The summed E-state index contributed by atoms with van der Waals surface area (Å²) in [6, 6.07) is 6.85. The zero-order valence-electron chi connectivity index (χ0n) is 16.8. The first-order chi connectivity index (χ1) is 13.0. The van der Waals surface area contributed by atoms with Crippen molar-refractivity contribution in [2.24, 2.45) is 17.8 Å². The van der Waals surface area contributed by atoms with Crippen molar-refractivity contribution >= 4 is 11.7 Å². The van der Waals surface area contributed by atoms with Crippen molar-refractivity contribution in [3.05, 3.63) is 29.3 Å². The summed E-state index contributed by atoms with van der Waals surface area (Å²) in [5, 5.41) is 3.54. The van der Waals surface area contributed by atoms with E-state index in [1.807, 2.05) is 0 Å². The Bertz CT molecular complexity index is 700. The number of piperazine rings is 1. The Kier molecular flexibility index (Phi) is 4.14. The van der Waals surface area contributed by atoms with Crippen molar-refractivity contribution in [3.8, 4) is 0 Å². The van der Waals surface area contributed by atoms with Crippen molar-refractivity contribution in [1.82, 2.24) is 10.2 Å². The third kappa shape index (κ3) is 3.21. The fraction of sp³-hybridized carbons (Fsp3) is 0.696. The molecule has 146 valence electrons. The lowest BCUT2D eigenvalue weighted by Crippen LogP contribution is -2.63. The summed E-state index contributed by atoms with van der Waals surface area (Å²) in [6.45, 7) is 7.84. The molecule has 4 nitrogen and oxygen atoms in total. The number of benzene rings is 1. The van der Waals surface area contributed by atoms with Crippen molar-refractivity contribution in [2.45, 2.75) is 57.9 Å². The Hall–Kier alpha value is -1.71. The number of nitrogens with zero attached hydrogens (tertiary/aromatic N) is 2. The van der Waals surface area contributed by atoms with Gasteiger partial charge in [-0.3, -0.25) is 0 Å². The topological polar surface area (TPSA) is 35.6 Å². The lowest BCUT2D eigenvalue weighted by Gasteiger charge is -2.57. The fourth-order valence-electron chi connectivity index (χ4n) is 6.78. The van der Waals surface area contributed by atoms with E-state index < -0.39 is 0 Å². The van der Waals surface area contributed by atoms with Crippen LogP contribution >= 0.6 is 0 Å². The van der Waals surface area contributed by atoms with Crippen LogP contribution in [0.1, 0.15) is 49.7 Å². The highest BCUT2D eigenvalue weighted by Gasteiger charge is 2.51. The SMILES string of the molecule is Cc1ccc(C)c(N2CCN(C(=O)NC34CC5CC(CC(C5)C3)C4)CC2)c1. The van der Waals surface area contributed by atoms with Crippen molar-refractivity contribution < 1.29 is 4.79 Å². The van der Waals surface area contributed by atoms with Gasteiger partial charge in [-0.2, -0.15) is 0 Å². The Morgan fingerprint density at radius 2 is 1.56 bits per heavy atom. The normalized spacial score (nSPS) is 34.8. The maximum Gasteiger partial charge on any atom is 0.317 e. The molecule has 1 saturated heterocycles. The quantitative estimate of drug-likeness (QED) is 0.854. The highest BCUT2D eigenvalue weighted by Crippen LogP contribution is 2.55. The van der Waals surface area contributed by atoms with E-state index in [0.717, 1.165) is 43.9 Å². The van der Waals surface area contributed by atoms with Crippen molar-refractivity contribution in [1.29, 1.82) is 0 Å². The highest BCUT2D eigenvalue weighted by molar-refractivity contribution is 5.75. The summed E-state index contributed by atoms with van der Waals surface area (Å²) >= 11 is 0. The van der Waals surface area contributed by atoms with Crippen LogP contribution in [0.3, 0.4) is 0 Å². The third-order valence-electron chi connectivity index (χ3n) is 7.68. The molecule has 0 aromatic heterocycles. The number of hydrogen-bond donors (Lipinski definition) is 1. The van der Waals surface area contributed by atoms with Gasteiger partial charge in [-0.1, -0.05) is 12.1 Å². The van der Waals surface area contributed by atoms with E-state index >= 15 is 0 Å². The summed E-state index contributed by atoms with van der Waals surface area (Å²) < 4.78 is 0. The van der Waals surface area contributed by atoms with E-state index in [1.165, 1.54) is 55.3 Å². The number of amides is 2. The second-order valence-corrected chi connectivity index (χ2v) is 9.89. The van der Waals surface area contributed by atoms with Crippen LogP contribution in [-0.4, -0.2) is 42.6 Å². The third-order valence-corrected chi connectivity index (χ3v) is 7.68. The molecule has 1 aromatic rings. The molecule has 0 spiro atoms. The van der Waals surface area contributed by atoms with Gasteiger partial charge in [-0.05, 0) is 87.3 Å². The van der Waals surface area contributed by atoms with Gasteiger partial charge in [0.2, 0.25) is 0 Å². The smallest absolute Gasteiger partial charge is 0.317 e. The molecule has 6 rings (SSSR count). The van der Waals surface area contributed by atoms with Crippen LogP contribution in [0.5, 0.6) is 0 Å². The summed E-state index contributed by atoms with van der Waals surface area (Å²) in [4.78, 5) is 17.5. The Balaban J connectivity index is 1.21. The minimum atomic E-state index is 0.121. The predicted molar refractivity (Wildman–Crippen MR) is 109 cm³/mol. The summed E-state index contributed by atoms with van der Waals surface area (Å²) in [7, 11) is 0. The van der Waals surface area contributed by atoms with Crippen molar-refractivity contribution in [3.63, 3.8) is 0 Å². The average molecular weight is 368 g/mol. The lowest BCUT2D eigenvalue weighted by molar-refractivity contribution is -0.0157. The molecular formula is C23H33N3O. The largest absolute Gasteiger partial charge is 0.368 e. The van der Waals surface area contributed by atoms with Gasteiger partial charge < -0.3 is 15.1 Å². The van der Waals surface area contributed by atoms with E-state index in [9.17, 15) is 4.79 Å². The minimum Gasteiger partial charge on any atom is -0.368 e. The summed E-state index contributed by atoms with van der Waals surface area (Å²) in [6.07, 6.45) is 7.95. The molecule has 4 aliphatic carbocycles. The molecular weight excluding hydrogens is 334 g/mol. The zero-order valence-corrected chi connectivity index (χ0v) is 16.8. The van der Waals surface area contributed by atoms with E-state index in [4.69, 9.17) is 0 Å². The first-order valence-electron chi connectivity index (χ1n) is 10.9. The standard InChI is InChI=1S/C23H33N3O/c1-16-3-4-17(2)21(9-16)25-5-7-26(8-6-25)22(27)24-23-13-18-10-19(14-23)12-20(11-18)15-23/h3-4,9,18-20H,5-8,10-15H2,1-2H3,(H,24,27). The van der Waals surface area contributed by atoms with Crippen LogP contribution in [0.2, 0.25) is 0 Å². The Labute approximate surface area is 163 Å². The minimum absolute atomic E-state index is 0.121. The molecule has 4 bridgehead atoms. The van der Waals surface area contributed by atoms with Crippen LogP contribution in [0.25, 0.3) is 0 Å². The molecule has 5 aliphatic rings. The first kappa shape index (κ1) is 17.4. The molecule has 0 unspecified atom stereocenters. The molecule has 1 aliphatic heterocycles. The molecule has 1 heterocycles. The van der Waals surface area contributed by atoms with Crippen molar-refractivity contribution in [2.75, 3.05) is 31.1 Å².